The first kappa shape index (κ1) is 15.2. The molecule has 0 atom stereocenters. The van der Waals surface area contributed by atoms with Crippen molar-refractivity contribution in [3.05, 3.63) is 34.9 Å². The summed E-state index contributed by atoms with van der Waals surface area (Å²) in [7, 11) is 1.45. The molecule has 5 nitrogen and oxygen atoms in total. The number of imide groups is 1. The predicted octanol–water partition coefficient (Wildman–Crippen LogP) is 2.17. The number of rotatable bonds is 5. The third kappa shape index (κ3) is 2.68. The van der Waals surface area contributed by atoms with Gasteiger partial charge in [0.25, 0.3) is 17.7 Å². The highest BCUT2D eigenvalue weighted by Crippen LogP contribution is 2.23. The van der Waals surface area contributed by atoms with Gasteiger partial charge in [-0.05, 0) is 31.5 Å². The Bertz CT molecular complexity index is 595. The molecule has 0 saturated carbocycles. The Morgan fingerprint density at radius 2 is 1.81 bits per heavy atom. The molecule has 5 heteroatoms. The van der Waals surface area contributed by atoms with Crippen LogP contribution in [0.4, 0.5) is 0 Å². The number of carbonyl (C=O) groups excluding carboxylic acids is 3. The minimum Gasteiger partial charge on any atom is -0.339 e. The lowest BCUT2D eigenvalue weighted by atomic mass is 10.0. The number of benzene rings is 1. The van der Waals surface area contributed by atoms with Crippen LogP contribution >= 0.6 is 0 Å². The number of amides is 3. The molecular weight excluding hydrogens is 268 g/mol. The van der Waals surface area contributed by atoms with Crippen LogP contribution in [0.5, 0.6) is 0 Å². The third-order valence-corrected chi connectivity index (χ3v) is 3.79. The summed E-state index contributed by atoms with van der Waals surface area (Å²) in [6.45, 7) is 5.34. The first-order chi connectivity index (χ1) is 10.0. The summed E-state index contributed by atoms with van der Waals surface area (Å²) in [5, 5.41) is 0. The standard InChI is InChI=1S/C16H20N2O3/c1-4-6-9-18(5-2)14(19)11-7-8-12-13(10-11)16(21)17(3)15(12)20/h7-8,10H,4-6,9H2,1-3H3. The van der Waals surface area contributed by atoms with Gasteiger partial charge in [-0.3, -0.25) is 19.3 Å². The van der Waals surface area contributed by atoms with Crippen molar-refractivity contribution in [1.82, 2.24) is 9.80 Å². The number of hydrogen-bond acceptors (Lipinski definition) is 3. The molecule has 0 radical (unpaired) electrons. The molecule has 0 fully saturated rings. The molecule has 0 unspecified atom stereocenters. The largest absolute Gasteiger partial charge is 0.339 e. The molecule has 1 aliphatic heterocycles. The maximum Gasteiger partial charge on any atom is 0.261 e. The molecule has 0 bridgehead atoms. The Labute approximate surface area is 124 Å². The predicted molar refractivity (Wildman–Crippen MR) is 79.4 cm³/mol. The first-order valence-corrected chi connectivity index (χ1v) is 7.27. The molecule has 1 heterocycles. The van der Waals surface area contributed by atoms with Crippen molar-refractivity contribution < 1.29 is 14.4 Å². The maximum absolute atomic E-state index is 12.5. The molecule has 0 aliphatic carbocycles. The third-order valence-electron chi connectivity index (χ3n) is 3.79. The quantitative estimate of drug-likeness (QED) is 0.780. The van der Waals surface area contributed by atoms with Crippen LogP contribution < -0.4 is 0 Å². The van der Waals surface area contributed by atoms with Gasteiger partial charge in [0.05, 0.1) is 11.1 Å². The summed E-state index contributed by atoms with van der Waals surface area (Å²) in [6.07, 6.45) is 1.97. The second-order valence-corrected chi connectivity index (χ2v) is 5.17. The van der Waals surface area contributed by atoms with Crippen molar-refractivity contribution in [3.63, 3.8) is 0 Å². The van der Waals surface area contributed by atoms with Crippen LogP contribution in [0, 0.1) is 0 Å². The van der Waals surface area contributed by atoms with Crippen LogP contribution in [0.1, 0.15) is 57.8 Å². The van der Waals surface area contributed by atoms with Crippen molar-refractivity contribution in [2.75, 3.05) is 20.1 Å². The molecule has 21 heavy (non-hydrogen) atoms. The van der Waals surface area contributed by atoms with Gasteiger partial charge in [0.2, 0.25) is 0 Å². The van der Waals surface area contributed by atoms with E-state index in [1.54, 1.807) is 17.0 Å². The van der Waals surface area contributed by atoms with E-state index in [1.807, 2.05) is 6.92 Å². The van der Waals surface area contributed by atoms with Gasteiger partial charge in [-0.15, -0.1) is 0 Å². The molecule has 0 N–H and O–H groups in total. The molecule has 0 saturated heterocycles. The zero-order valence-electron chi connectivity index (χ0n) is 12.7. The zero-order valence-corrected chi connectivity index (χ0v) is 12.7. The van der Waals surface area contributed by atoms with Crippen LogP contribution in [0.2, 0.25) is 0 Å². The molecule has 1 aromatic carbocycles. The average molecular weight is 288 g/mol. The summed E-state index contributed by atoms with van der Waals surface area (Å²) in [6, 6.07) is 4.73. The summed E-state index contributed by atoms with van der Waals surface area (Å²) in [5.74, 6) is -0.753. The van der Waals surface area contributed by atoms with Gasteiger partial charge in [-0.2, -0.15) is 0 Å². The second kappa shape index (κ2) is 6.08. The van der Waals surface area contributed by atoms with Crippen LogP contribution in [0.25, 0.3) is 0 Å². The minimum absolute atomic E-state index is 0.0939. The van der Waals surface area contributed by atoms with Gasteiger partial charge in [0.1, 0.15) is 0 Å². The molecule has 1 aromatic rings. The van der Waals surface area contributed by atoms with E-state index in [1.165, 1.54) is 13.1 Å². The van der Waals surface area contributed by atoms with E-state index in [0.717, 1.165) is 17.7 Å². The monoisotopic (exact) mass is 288 g/mol. The molecule has 2 rings (SSSR count). The Kier molecular flexibility index (Phi) is 4.40. The van der Waals surface area contributed by atoms with E-state index in [-0.39, 0.29) is 17.7 Å². The van der Waals surface area contributed by atoms with Crippen molar-refractivity contribution in [3.8, 4) is 0 Å². The number of unbranched alkanes of at least 4 members (excludes halogenated alkanes) is 1. The Hall–Kier alpha value is -2.17. The number of nitrogens with zero attached hydrogens (tertiary/aromatic N) is 2. The summed E-state index contributed by atoms with van der Waals surface area (Å²) < 4.78 is 0. The lowest BCUT2D eigenvalue weighted by molar-refractivity contribution is 0.0692. The van der Waals surface area contributed by atoms with Crippen LogP contribution in [-0.4, -0.2) is 47.7 Å². The van der Waals surface area contributed by atoms with Gasteiger partial charge >= 0.3 is 0 Å². The first-order valence-electron chi connectivity index (χ1n) is 7.27. The number of hydrogen-bond donors (Lipinski definition) is 0. The smallest absolute Gasteiger partial charge is 0.261 e. The van der Waals surface area contributed by atoms with E-state index < -0.39 is 0 Å². The normalized spacial score (nSPS) is 13.6. The lowest BCUT2D eigenvalue weighted by Crippen LogP contribution is -2.31. The van der Waals surface area contributed by atoms with Crippen molar-refractivity contribution >= 4 is 17.7 Å². The van der Waals surface area contributed by atoms with Crippen LogP contribution in [-0.2, 0) is 0 Å². The van der Waals surface area contributed by atoms with Gasteiger partial charge in [-0.1, -0.05) is 13.3 Å². The SMILES string of the molecule is CCCCN(CC)C(=O)c1ccc2c(c1)C(=O)N(C)C2=O. The maximum atomic E-state index is 12.5. The van der Waals surface area contributed by atoms with Crippen molar-refractivity contribution in [1.29, 1.82) is 0 Å². The van der Waals surface area contributed by atoms with E-state index in [0.29, 0.717) is 29.8 Å². The highest BCUT2D eigenvalue weighted by Gasteiger charge is 2.33. The van der Waals surface area contributed by atoms with E-state index in [2.05, 4.69) is 6.92 Å². The van der Waals surface area contributed by atoms with Crippen molar-refractivity contribution in [2.24, 2.45) is 0 Å². The molecular formula is C16H20N2O3. The minimum atomic E-state index is -0.346. The summed E-state index contributed by atoms with van der Waals surface area (Å²) in [4.78, 5) is 39.1. The Balaban J connectivity index is 2.29. The Morgan fingerprint density at radius 3 is 2.43 bits per heavy atom. The van der Waals surface area contributed by atoms with Crippen LogP contribution in [0.15, 0.2) is 18.2 Å². The number of fused-ring (bicyclic) bond motifs is 1. The molecule has 0 aromatic heterocycles. The fourth-order valence-electron chi connectivity index (χ4n) is 2.43. The van der Waals surface area contributed by atoms with Gasteiger partial charge in [-0.25, -0.2) is 0 Å². The fourth-order valence-corrected chi connectivity index (χ4v) is 2.43. The highest BCUT2D eigenvalue weighted by atomic mass is 16.2. The lowest BCUT2D eigenvalue weighted by Gasteiger charge is -2.20. The van der Waals surface area contributed by atoms with Gasteiger partial charge in [0.15, 0.2) is 0 Å². The highest BCUT2D eigenvalue weighted by molar-refractivity contribution is 6.21. The molecule has 112 valence electrons. The molecule has 1 aliphatic rings. The van der Waals surface area contributed by atoms with E-state index in [9.17, 15) is 14.4 Å². The van der Waals surface area contributed by atoms with Gasteiger partial charge in [0, 0.05) is 25.7 Å². The topological polar surface area (TPSA) is 57.7 Å². The molecule has 0 spiro atoms. The Morgan fingerprint density at radius 1 is 1.14 bits per heavy atom. The van der Waals surface area contributed by atoms with Crippen LogP contribution in [0.3, 0.4) is 0 Å². The zero-order chi connectivity index (χ0) is 15.6. The second-order valence-electron chi connectivity index (χ2n) is 5.17. The molecule has 3 amide bonds. The van der Waals surface area contributed by atoms with Gasteiger partial charge < -0.3 is 4.90 Å². The fraction of sp³-hybridized carbons (Fsp3) is 0.438. The summed E-state index contributed by atoms with van der Waals surface area (Å²) >= 11 is 0. The van der Waals surface area contributed by atoms with E-state index in [4.69, 9.17) is 0 Å². The number of carbonyl (C=O) groups is 3. The van der Waals surface area contributed by atoms with Crippen molar-refractivity contribution in [2.45, 2.75) is 26.7 Å². The summed E-state index contributed by atoms with van der Waals surface area (Å²) in [5.41, 5.74) is 1.15. The van der Waals surface area contributed by atoms with E-state index >= 15 is 0 Å². The average Bonchev–Trinajstić information content (AvgIpc) is 2.72.